The van der Waals surface area contributed by atoms with Crippen LogP contribution >= 0.6 is 0 Å². The summed E-state index contributed by atoms with van der Waals surface area (Å²) >= 11 is 0. The molecule has 4 nitrogen and oxygen atoms in total. The van der Waals surface area contributed by atoms with Crippen LogP contribution in [0.15, 0.2) is 24.3 Å². The zero-order valence-corrected chi connectivity index (χ0v) is 13.4. The summed E-state index contributed by atoms with van der Waals surface area (Å²) in [6.45, 7) is 5.64. The minimum Gasteiger partial charge on any atom is -0.491 e. The van der Waals surface area contributed by atoms with Crippen molar-refractivity contribution in [3.8, 4) is 5.75 Å². The van der Waals surface area contributed by atoms with Crippen LogP contribution in [0.1, 0.15) is 49.9 Å². The van der Waals surface area contributed by atoms with E-state index >= 15 is 0 Å². The lowest BCUT2D eigenvalue weighted by atomic mass is 9.60. The van der Waals surface area contributed by atoms with Gasteiger partial charge in [0.05, 0.1) is 6.10 Å². The molecule has 2 aliphatic rings. The smallest absolute Gasteiger partial charge is 0.251 e. The molecule has 1 unspecified atom stereocenters. The highest BCUT2D eigenvalue weighted by Gasteiger charge is 2.47. The summed E-state index contributed by atoms with van der Waals surface area (Å²) in [6, 6.07) is 7.69. The van der Waals surface area contributed by atoms with Crippen LogP contribution in [-0.4, -0.2) is 31.3 Å². The highest BCUT2D eigenvalue weighted by atomic mass is 16.5. The van der Waals surface area contributed by atoms with Crippen LogP contribution in [-0.2, 0) is 4.74 Å². The number of carbonyl (C=O) groups excluding carboxylic acids is 1. The maximum Gasteiger partial charge on any atom is 0.251 e. The average molecular weight is 303 g/mol. The van der Waals surface area contributed by atoms with Gasteiger partial charge in [0, 0.05) is 24.8 Å². The van der Waals surface area contributed by atoms with Crippen molar-refractivity contribution >= 4 is 5.91 Å². The Hall–Kier alpha value is -1.55. The Morgan fingerprint density at radius 1 is 1.23 bits per heavy atom. The van der Waals surface area contributed by atoms with E-state index in [0.29, 0.717) is 11.6 Å². The molecule has 3 rings (SSSR count). The summed E-state index contributed by atoms with van der Waals surface area (Å²) in [4.78, 5) is 12.4. The van der Waals surface area contributed by atoms with Gasteiger partial charge in [-0.1, -0.05) is 0 Å². The lowest BCUT2D eigenvalue weighted by molar-refractivity contribution is -0.0523. The van der Waals surface area contributed by atoms with Crippen molar-refractivity contribution in [3.05, 3.63) is 29.8 Å². The van der Waals surface area contributed by atoms with Gasteiger partial charge in [0.25, 0.3) is 5.91 Å². The molecule has 1 saturated carbocycles. The number of amides is 1. The van der Waals surface area contributed by atoms with E-state index in [9.17, 15) is 4.79 Å². The molecule has 4 heteroatoms. The standard InChI is InChI=1S/C18H25NO3/c1-13(2)22-15-5-3-14(4-6-15)17(20)19-16-7-8-18(16)9-11-21-12-10-18/h3-6,13,16H,7-12H2,1-2H3,(H,19,20). The second-order valence-corrected chi connectivity index (χ2v) is 6.73. The third kappa shape index (κ3) is 3.12. The normalized spacial score (nSPS) is 23.1. The van der Waals surface area contributed by atoms with Gasteiger partial charge in [0.15, 0.2) is 0 Å². The van der Waals surface area contributed by atoms with Crippen LogP contribution < -0.4 is 10.1 Å². The molecule has 120 valence electrons. The summed E-state index contributed by atoms with van der Waals surface area (Å²) in [5.74, 6) is 0.822. The van der Waals surface area contributed by atoms with Crippen molar-refractivity contribution in [1.29, 1.82) is 0 Å². The number of hydrogen-bond acceptors (Lipinski definition) is 3. The van der Waals surface area contributed by atoms with Gasteiger partial charge in [0.1, 0.15) is 5.75 Å². The van der Waals surface area contributed by atoms with Gasteiger partial charge in [-0.2, -0.15) is 0 Å². The molecule has 1 aliphatic carbocycles. The van der Waals surface area contributed by atoms with Gasteiger partial charge >= 0.3 is 0 Å². The maximum atomic E-state index is 12.4. The van der Waals surface area contributed by atoms with E-state index in [1.165, 1.54) is 6.42 Å². The summed E-state index contributed by atoms with van der Waals surface area (Å²) < 4.78 is 11.1. The van der Waals surface area contributed by atoms with Gasteiger partial charge in [0.2, 0.25) is 0 Å². The average Bonchev–Trinajstić information content (AvgIpc) is 2.52. The fraction of sp³-hybridized carbons (Fsp3) is 0.611. The number of carbonyl (C=O) groups is 1. The van der Waals surface area contributed by atoms with E-state index in [0.717, 1.165) is 38.2 Å². The molecule has 1 heterocycles. The Morgan fingerprint density at radius 3 is 2.45 bits per heavy atom. The Bertz CT molecular complexity index is 518. The predicted octanol–water partition coefficient (Wildman–Crippen LogP) is 3.16. The fourth-order valence-electron chi connectivity index (χ4n) is 3.50. The van der Waals surface area contributed by atoms with Crippen molar-refractivity contribution in [2.45, 2.75) is 51.7 Å². The third-order valence-corrected chi connectivity index (χ3v) is 4.95. The highest BCUT2D eigenvalue weighted by Crippen LogP contribution is 2.48. The van der Waals surface area contributed by atoms with E-state index in [4.69, 9.17) is 9.47 Å². The Balaban J connectivity index is 1.60. The zero-order chi connectivity index (χ0) is 15.6. The lowest BCUT2D eigenvalue weighted by Gasteiger charge is -2.52. The van der Waals surface area contributed by atoms with Crippen LogP contribution in [0.25, 0.3) is 0 Å². The Labute approximate surface area is 132 Å². The van der Waals surface area contributed by atoms with Crippen molar-refractivity contribution in [1.82, 2.24) is 5.32 Å². The van der Waals surface area contributed by atoms with Crippen LogP contribution in [0.3, 0.4) is 0 Å². The second kappa shape index (κ2) is 6.29. The van der Waals surface area contributed by atoms with Crippen molar-refractivity contribution in [2.24, 2.45) is 5.41 Å². The first kappa shape index (κ1) is 15.3. The molecular formula is C18H25NO3. The molecule has 1 aromatic carbocycles. The molecule has 2 fully saturated rings. The minimum atomic E-state index is 0.0201. The van der Waals surface area contributed by atoms with Crippen LogP contribution in [0, 0.1) is 5.41 Å². The van der Waals surface area contributed by atoms with E-state index in [1.54, 1.807) is 0 Å². The zero-order valence-electron chi connectivity index (χ0n) is 13.4. The SMILES string of the molecule is CC(C)Oc1ccc(C(=O)NC2CCC23CCOCC3)cc1. The van der Waals surface area contributed by atoms with Crippen LogP contribution in [0.4, 0.5) is 0 Å². The van der Waals surface area contributed by atoms with Gasteiger partial charge in [-0.3, -0.25) is 4.79 Å². The molecule has 1 saturated heterocycles. The monoisotopic (exact) mass is 303 g/mol. The summed E-state index contributed by atoms with van der Waals surface area (Å²) in [6.07, 6.45) is 4.57. The van der Waals surface area contributed by atoms with Gasteiger partial charge < -0.3 is 14.8 Å². The minimum absolute atomic E-state index is 0.0201. The maximum absolute atomic E-state index is 12.4. The lowest BCUT2D eigenvalue weighted by Crippen LogP contribution is -2.57. The number of nitrogens with one attached hydrogen (secondary N) is 1. The fourth-order valence-corrected chi connectivity index (χ4v) is 3.50. The van der Waals surface area contributed by atoms with Crippen molar-refractivity contribution in [3.63, 3.8) is 0 Å². The highest BCUT2D eigenvalue weighted by molar-refractivity contribution is 5.94. The summed E-state index contributed by atoms with van der Waals surface area (Å²) in [5.41, 5.74) is 0.986. The molecule has 0 radical (unpaired) electrons. The number of benzene rings is 1. The molecule has 1 N–H and O–H groups in total. The van der Waals surface area contributed by atoms with E-state index in [2.05, 4.69) is 5.32 Å². The first-order valence-corrected chi connectivity index (χ1v) is 8.24. The van der Waals surface area contributed by atoms with Crippen LogP contribution in [0.5, 0.6) is 5.75 Å². The van der Waals surface area contributed by atoms with Crippen molar-refractivity contribution < 1.29 is 14.3 Å². The summed E-state index contributed by atoms with van der Waals surface area (Å²) in [7, 11) is 0. The molecule has 0 aromatic heterocycles. The molecule has 1 spiro atoms. The number of hydrogen-bond donors (Lipinski definition) is 1. The first-order valence-electron chi connectivity index (χ1n) is 8.24. The van der Waals surface area contributed by atoms with Gasteiger partial charge in [-0.05, 0) is 69.2 Å². The van der Waals surface area contributed by atoms with Crippen LogP contribution in [0.2, 0.25) is 0 Å². The summed E-state index contributed by atoms with van der Waals surface area (Å²) in [5, 5.41) is 3.22. The largest absolute Gasteiger partial charge is 0.491 e. The molecule has 1 atom stereocenters. The molecule has 1 amide bonds. The molecule has 22 heavy (non-hydrogen) atoms. The molecule has 1 aromatic rings. The topological polar surface area (TPSA) is 47.6 Å². The Kier molecular flexibility index (Phi) is 4.39. The predicted molar refractivity (Wildman–Crippen MR) is 85.2 cm³/mol. The number of ether oxygens (including phenoxy) is 2. The first-order chi connectivity index (χ1) is 10.6. The molecule has 1 aliphatic heterocycles. The van der Waals surface area contributed by atoms with E-state index in [1.807, 2.05) is 38.1 Å². The van der Waals surface area contributed by atoms with Crippen molar-refractivity contribution in [2.75, 3.05) is 13.2 Å². The van der Waals surface area contributed by atoms with E-state index < -0.39 is 0 Å². The molecule has 0 bridgehead atoms. The second-order valence-electron chi connectivity index (χ2n) is 6.73. The third-order valence-electron chi connectivity index (χ3n) is 4.95. The quantitative estimate of drug-likeness (QED) is 0.929. The van der Waals surface area contributed by atoms with E-state index in [-0.39, 0.29) is 17.4 Å². The number of rotatable bonds is 4. The Morgan fingerprint density at radius 2 is 1.91 bits per heavy atom. The van der Waals surface area contributed by atoms with Gasteiger partial charge in [-0.25, -0.2) is 0 Å². The van der Waals surface area contributed by atoms with Gasteiger partial charge in [-0.15, -0.1) is 0 Å². The molecular weight excluding hydrogens is 278 g/mol.